The molecule has 0 saturated heterocycles. The maximum absolute atomic E-state index is 12.0. The molecule has 0 radical (unpaired) electrons. The van der Waals surface area contributed by atoms with Gasteiger partial charge in [-0.2, -0.15) is 0 Å². The molecule has 1 unspecified atom stereocenters. The molecule has 0 fully saturated rings. The third kappa shape index (κ3) is 4.14. The lowest BCUT2D eigenvalue weighted by Crippen LogP contribution is -2.26. The van der Waals surface area contributed by atoms with Crippen molar-refractivity contribution in [2.45, 2.75) is 39.7 Å². The number of hydrogen-bond acceptors (Lipinski definition) is 4. The summed E-state index contributed by atoms with van der Waals surface area (Å²) in [6, 6.07) is 0.151. The second-order valence-electron chi connectivity index (χ2n) is 4.99. The Hall–Kier alpha value is -1.36. The fourth-order valence-corrected chi connectivity index (χ4v) is 1.73. The maximum atomic E-state index is 12.0. The van der Waals surface area contributed by atoms with Gasteiger partial charge >= 0.3 is 0 Å². The van der Waals surface area contributed by atoms with E-state index in [0.717, 1.165) is 19.4 Å². The standard InChI is InChI=1S/C13H24N4O/c1-10(2)17-8-7-16-12(13(17)18)15-6-4-5-11(3)9-14/h7-8,10-11H,4-6,9,14H2,1-3H3,(H,15,16). The summed E-state index contributed by atoms with van der Waals surface area (Å²) in [5.41, 5.74) is 5.50. The van der Waals surface area contributed by atoms with E-state index >= 15 is 0 Å². The molecule has 0 spiro atoms. The third-order valence-electron chi connectivity index (χ3n) is 2.99. The molecule has 18 heavy (non-hydrogen) atoms. The number of nitrogens with zero attached hydrogens (tertiary/aromatic N) is 2. The molecule has 0 aliphatic rings. The van der Waals surface area contributed by atoms with E-state index < -0.39 is 0 Å². The van der Waals surface area contributed by atoms with Crippen molar-refractivity contribution < 1.29 is 0 Å². The highest BCUT2D eigenvalue weighted by Crippen LogP contribution is 2.04. The minimum absolute atomic E-state index is 0.0561. The largest absolute Gasteiger partial charge is 0.365 e. The highest BCUT2D eigenvalue weighted by atomic mass is 16.1. The molecule has 1 heterocycles. The van der Waals surface area contributed by atoms with Crippen molar-refractivity contribution in [1.82, 2.24) is 9.55 Å². The second kappa shape index (κ2) is 7.16. The average Bonchev–Trinajstić information content (AvgIpc) is 2.35. The smallest absolute Gasteiger partial charge is 0.293 e. The molecule has 0 aliphatic carbocycles. The topological polar surface area (TPSA) is 72.9 Å². The van der Waals surface area contributed by atoms with Crippen molar-refractivity contribution >= 4 is 5.82 Å². The summed E-state index contributed by atoms with van der Waals surface area (Å²) in [5, 5.41) is 3.10. The normalized spacial score (nSPS) is 12.7. The number of hydrogen-bond donors (Lipinski definition) is 2. The van der Waals surface area contributed by atoms with Crippen LogP contribution in [0.2, 0.25) is 0 Å². The lowest BCUT2D eigenvalue weighted by atomic mass is 10.1. The summed E-state index contributed by atoms with van der Waals surface area (Å²) in [4.78, 5) is 16.1. The van der Waals surface area contributed by atoms with Gasteiger partial charge in [0, 0.05) is 25.0 Å². The van der Waals surface area contributed by atoms with Gasteiger partial charge < -0.3 is 15.6 Å². The summed E-state index contributed by atoms with van der Waals surface area (Å²) < 4.78 is 1.68. The first kappa shape index (κ1) is 14.7. The lowest BCUT2D eigenvalue weighted by Gasteiger charge is -2.12. The van der Waals surface area contributed by atoms with Gasteiger partial charge in [-0.25, -0.2) is 4.98 Å². The van der Waals surface area contributed by atoms with E-state index in [1.54, 1.807) is 17.0 Å². The Balaban J connectivity index is 2.53. The molecule has 5 nitrogen and oxygen atoms in total. The number of rotatable bonds is 7. The van der Waals surface area contributed by atoms with Gasteiger partial charge in [-0.15, -0.1) is 0 Å². The molecule has 102 valence electrons. The van der Waals surface area contributed by atoms with E-state index in [4.69, 9.17) is 5.73 Å². The number of nitrogens with two attached hydrogens (primary N) is 1. The Labute approximate surface area is 108 Å². The average molecular weight is 252 g/mol. The second-order valence-corrected chi connectivity index (χ2v) is 4.99. The Bertz CT molecular complexity index is 414. The van der Waals surface area contributed by atoms with Crippen LogP contribution in [0.25, 0.3) is 0 Å². The first-order valence-electron chi connectivity index (χ1n) is 6.57. The van der Waals surface area contributed by atoms with Crippen LogP contribution in [0.3, 0.4) is 0 Å². The van der Waals surface area contributed by atoms with E-state index in [-0.39, 0.29) is 11.6 Å². The summed E-state index contributed by atoms with van der Waals surface area (Å²) in [6.07, 6.45) is 5.44. The fraction of sp³-hybridized carbons (Fsp3) is 0.692. The van der Waals surface area contributed by atoms with Gasteiger partial charge in [0.05, 0.1) is 0 Å². The van der Waals surface area contributed by atoms with E-state index in [2.05, 4.69) is 17.2 Å². The van der Waals surface area contributed by atoms with Crippen LogP contribution in [0.15, 0.2) is 17.2 Å². The van der Waals surface area contributed by atoms with Crippen LogP contribution in [0.1, 0.15) is 39.7 Å². The highest BCUT2D eigenvalue weighted by Gasteiger charge is 2.06. The Morgan fingerprint density at radius 3 is 2.78 bits per heavy atom. The molecule has 1 aromatic heterocycles. The van der Waals surface area contributed by atoms with Crippen molar-refractivity contribution in [2.24, 2.45) is 11.7 Å². The minimum atomic E-state index is -0.0561. The summed E-state index contributed by atoms with van der Waals surface area (Å²) >= 11 is 0. The van der Waals surface area contributed by atoms with Crippen molar-refractivity contribution in [3.63, 3.8) is 0 Å². The zero-order valence-electron chi connectivity index (χ0n) is 11.5. The molecule has 3 N–H and O–H groups in total. The number of anilines is 1. The Kier molecular flexibility index (Phi) is 5.85. The number of nitrogens with one attached hydrogen (secondary N) is 1. The van der Waals surface area contributed by atoms with Crippen LogP contribution < -0.4 is 16.6 Å². The molecule has 0 aromatic carbocycles. The molecule has 5 heteroatoms. The Morgan fingerprint density at radius 2 is 2.17 bits per heavy atom. The maximum Gasteiger partial charge on any atom is 0.293 e. The highest BCUT2D eigenvalue weighted by molar-refractivity contribution is 5.30. The van der Waals surface area contributed by atoms with Gasteiger partial charge in [0.1, 0.15) is 0 Å². The molecule has 1 atom stereocenters. The Morgan fingerprint density at radius 1 is 1.44 bits per heavy atom. The van der Waals surface area contributed by atoms with Crippen molar-refractivity contribution in [3.05, 3.63) is 22.7 Å². The monoisotopic (exact) mass is 252 g/mol. The van der Waals surface area contributed by atoms with Gasteiger partial charge in [0.25, 0.3) is 5.56 Å². The first-order valence-corrected chi connectivity index (χ1v) is 6.57. The van der Waals surface area contributed by atoms with E-state index in [0.29, 0.717) is 18.3 Å². The van der Waals surface area contributed by atoms with Crippen molar-refractivity contribution in [3.8, 4) is 0 Å². The van der Waals surface area contributed by atoms with Crippen molar-refractivity contribution in [2.75, 3.05) is 18.4 Å². The van der Waals surface area contributed by atoms with Gasteiger partial charge in [0.2, 0.25) is 0 Å². The predicted octanol–water partition coefficient (Wildman–Crippen LogP) is 1.61. The van der Waals surface area contributed by atoms with Crippen LogP contribution in [0.4, 0.5) is 5.82 Å². The lowest BCUT2D eigenvalue weighted by molar-refractivity contribution is 0.528. The molecule has 1 rings (SSSR count). The van der Waals surface area contributed by atoms with Gasteiger partial charge in [-0.3, -0.25) is 4.79 Å². The van der Waals surface area contributed by atoms with Crippen LogP contribution in [0, 0.1) is 5.92 Å². The van der Waals surface area contributed by atoms with E-state index in [1.807, 2.05) is 13.8 Å². The van der Waals surface area contributed by atoms with Crippen molar-refractivity contribution in [1.29, 1.82) is 0 Å². The zero-order chi connectivity index (χ0) is 13.5. The quantitative estimate of drug-likeness (QED) is 0.723. The van der Waals surface area contributed by atoms with Crippen LogP contribution in [-0.4, -0.2) is 22.6 Å². The van der Waals surface area contributed by atoms with Gasteiger partial charge in [-0.05, 0) is 39.2 Å². The molecular weight excluding hydrogens is 228 g/mol. The van der Waals surface area contributed by atoms with Gasteiger partial charge in [-0.1, -0.05) is 6.92 Å². The SMILES string of the molecule is CC(CN)CCCNc1nccn(C(C)C)c1=O. The van der Waals surface area contributed by atoms with Crippen LogP contribution in [-0.2, 0) is 0 Å². The van der Waals surface area contributed by atoms with E-state index in [1.165, 1.54) is 0 Å². The molecule has 1 aromatic rings. The molecule has 0 amide bonds. The zero-order valence-corrected chi connectivity index (χ0v) is 11.5. The molecule has 0 saturated carbocycles. The van der Waals surface area contributed by atoms with Crippen LogP contribution >= 0.6 is 0 Å². The molecular formula is C13H24N4O. The summed E-state index contributed by atoms with van der Waals surface area (Å²) in [5.74, 6) is 0.967. The fourth-order valence-electron chi connectivity index (χ4n) is 1.73. The number of aromatic nitrogens is 2. The molecule has 0 bridgehead atoms. The van der Waals surface area contributed by atoms with Crippen LogP contribution in [0.5, 0.6) is 0 Å². The summed E-state index contributed by atoms with van der Waals surface area (Å²) in [7, 11) is 0. The summed E-state index contributed by atoms with van der Waals surface area (Å²) in [6.45, 7) is 7.56. The van der Waals surface area contributed by atoms with Gasteiger partial charge in [0.15, 0.2) is 5.82 Å². The predicted molar refractivity (Wildman–Crippen MR) is 74.8 cm³/mol. The molecule has 0 aliphatic heterocycles. The first-order chi connectivity index (χ1) is 8.56. The third-order valence-corrected chi connectivity index (χ3v) is 2.99. The minimum Gasteiger partial charge on any atom is -0.365 e. The van der Waals surface area contributed by atoms with E-state index in [9.17, 15) is 4.79 Å².